The van der Waals surface area contributed by atoms with Crippen LogP contribution in [0.4, 0.5) is 0 Å². The standard InChI is InChI=1S/C15H15Cl3N4O5S2/c1-6-3-8(13(25)27-5-15(16,17)18)22-11(24)10(12(22)28-6)19-9(23)4-26-14-21-20-7(2)29-14/h3,6,10,12H,4-5H2,1-2H3,(H,19,23)/t6?,10?,12-/m1/s1. The average Bonchev–Trinajstić information content (AvgIpc) is 3.06. The molecule has 3 rings (SSSR count). The lowest BCUT2D eigenvalue weighted by Gasteiger charge is -2.49. The molecule has 158 valence electrons. The second-order valence-electron chi connectivity index (χ2n) is 6.10. The number of aromatic nitrogens is 2. The van der Waals surface area contributed by atoms with Crippen molar-refractivity contribution in [1.82, 2.24) is 20.4 Å². The van der Waals surface area contributed by atoms with E-state index in [1.807, 2.05) is 6.92 Å². The van der Waals surface area contributed by atoms with Gasteiger partial charge in [-0.15, -0.1) is 22.0 Å². The Hall–Kier alpha value is -1.27. The van der Waals surface area contributed by atoms with Crippen molar-refractivity contribution in [2.24, 2.45) is 0 Å². The fourth-order valence-corrected chi connectivity index (χ4v) is 4.65. The van der Waals surface area contributed by atoms with Crippen molar-refractivity contribution in [3.63, 3.8) is 0 Å². The van der Waals surface area contributed by atoms with Gasteiger partial charge in [-0.2, -0.15) is 0 Å². The van der Waals surface area contributed by atoms with Gasteiger partial charge in [-0.25, -0.2) is 4.79 Å². The third kappa shape index (κ3) is 5.46. The molecule has 1 N–H and O–H groups in total. The highest BCUT2D eigenvalue weighted by molar-refractivity contribution is 8.00. The quantitative estimate of drug-likeness (QED) is 0.357. The van der Waals surface area contributed by atoms with Gasteiger partial charge in [0, 0.05) is 5.25 Å². The summed E-state index contributed by atoms with van der Waals surface area (Å²) in [6, 6.07) is -0.792. The van der Waals surface area contributed by atoms with Gasteiger partial charge in [-0.05, 0) is 19.9 Å². The zero-order chi connectivity index (χ0) is 21.3. The number of β-lactam (4-membered cyclic amide) rings is 1. The molecule has 1 saturated heterocycles. The highest BCUT2D eigenvalue weighted by atomic mass is 35.6. The second kappa shape index (κ2) is 8.84. The summed E-state index contributed by atoms with van der Waals surface area (Å²) < 4.78 is 8.47. The summed E-state index contributed by atoms with van der Waals surface area (Å²) in [4.78, 5) is 38.3. The largest absolute Gasteiger partial charge is 0.459 e. The van der Waals surface area contributed by atoms with Crippen molar-refractivity contribution in [3.8, 4) is 5.19 Å². The van der Waals surface area contributed by atoms with Crippen LogP contribution in [0.15, 0.2) is 11.8 Å². The first-order valence-electron chi connectivity index (χ1n) is 8.21. The number of halogens is 3. The minimum absolute atomic E-state index is 0.0617. The molecule has 1 aromatic rings. The molecule has 2 aliphatic rings. The summed E-state index contributed by atoms with van der Waals surface area (Å²) in [6.07, 6.45) is 1.60. The molecule has 0 aromatic carbocycles. The van der Waals surface area contributed by atoms with Gasteiger partial charge in [0.15, 0.2) is 6.61 Å². The van der Waals surface area contributed by atoms with E-state index in [0.29, 0.717) is 5.01 Å². The fourth-order valence-electron chi connectivity index (χ4n) is 2.62. The lowest BCUT2D eigenvalue weighted by Crippen LogP contribution is -2.71. The smallest absolute Gasteiger partial charge is 0.354 e. The van der Waals surface area contributed by atoms with Crippen LogP contribution in [0.2, 0.25) is 0 Å². The van der Waals surface area contributed by atoms with E-state index in [9.17, 15) is 14.4 Å². The van der Waals surface area contributed by atoms with Crippen molar-refractivity contribution in [2.45, 2.75) is 34.3 Å². The van der Waals surface area contributed by atoms with Gasteiger partial charge in [-0.1, -0.05) is 46.1 Å². The summed E-state index contributed by atoms with van der Waals surface area (Å²) in [6.45, 7) is 2.86. The first-order chi connectivity index (χ1) is 13.5. The van der Waals surface area contributed by atoms with Crippen LogP contribution < -0.4 is 10.1 Å². The predicted molar refractivity (Wildman–Crippen MR) is 109 cm³/mol. The van der Waals surface area contributed by atoms with Gasteiger partial charge >= 0.3 is 5.97 Å². The maximum atomic E-state index is 12.5. The van der Waals surface area contributed by atoms with E-state index in [1.165, 1.54) is 28.0 Å². The number of alkyl halides is 3. The molecule has 1 fully saturated rings. The number of nitrogens with one attached hydrogen (secondary N) is 1. The number of fused-ring (bicyclic) bond motifs is 1. The zero-order valence-corrected chi connectivity index (χ0v) is 19.0. The number of carbonyl (C=O) groups is 3. The van der Waals surface area contributed by atoms with Crippen LogP contribution in [-0.4, -0.2) is 66.6 Å². The molecule has 0 saturated carbocycles. The van der Waals surface area contributed by atoms with Crippen LogP contribution in [0.1, 0.15) is 11.9 Å². The third-order valence-corrected chi connectivity index (χ3v) is 6.18. The number of thioether (sulfide) groups is 1. The molecule has 0 spiro atoms. The van der Waals surface area contributed by atoms with Crippen LogP contribution in [-0.2, 0) is 19.1 Å². The monoisotopic (exact) mass is 500 g/mol. The SMILES string of the molecule is Cc1nnc(OCC(=O)NC2C(=O)N3C(C(=O)OCC(Cl)(Cl)Cl)=CC(C)S[C@H]23)s1. The fraction of sp³-hybridized carbons (Fsp3) is 0.533. The summed E-state index contributed by atoms with van der Waals surface area (Å²) in [5.41, 5.74) is 0.0617. The molecule has 0 radical (unpaired) electrons. The van der Waals surface area contributed by atoms with Crippen LogP contribution in [0.3, 0.4) is 0 Å². The molecule has 1 aromatic heterocycles. The zero-order valence-electron chi connectivity index (χ0n) is 15.1. The summed E-state index contributed by atoms with van der Waals surface area (Å²) in [5, 5.41) is 10.6. The van der Waals surface area contributed by atoms with Gasteiger partial charge in [0.25, 0.3) is 17.0 Å². The molecule has 29 heavy (non-hydrogen) atoms. The molecule has 9 nitrogen and oxygen atoms in total. The number of esters is 1. The summed E-state index contributed by atoms with van der Waals surface area (Å²) >= 11 is 19.4. The Bertz CT molecular complexity index is 859. The Morgan fingerprint density at radius 2 is 2.07 bits per heavy atom. The molecule has 14 heteroatoms. The number of nitrogens with zero attached hydrogens (tertiary/aromatic N) is 3. The molecular weight excluding hydrogens is 487 g/mol. The average molecular weight is 502 g/mol. The van der Waals surface area contributed by atoms with E-state index >= 15 is 0 Å². The van der Waals surface area contributed by atoms with Crippen LogP contribution in [0, 0.1) is 6.92 Å². The van der Waals surface area contributed by atoms with Gasteiger partial charge in [0.2, 0.25) is 3.79 Å². The Labute approximate surface area is 189 Å². The Morgan fingerprint density at radius 1 is 1.34 bits per heavy atom. The van der Waals surface area contributed by atoms with Gasteiger partial charge in [-0.3, -0.25) is 14.5 Å². The molecule has 0 aliphatic carbocycles. The minimum atomic E-state index is -1.76. The second-order valence-corrected chi connectivity index (χ2v) is 11.3. The van der Waals surface area contributed by atoms with Crippen molar-refractivity contribution in [1.29, 1.82) is 0 Å². The van der Waals surface area contributed by atoms with E-state index in [1.54, 1.807) is 13.0 Å². The van der Waals surface area contributed by atoms with Gasteiger partial charge in [0.1, 0.15) is 28.7 Å². The Morgan fingerprint density at radius 3 is 2.69 bits per heavy atom. The highest BCUT2D eigenvalue weighted by Gasteiger charge is 2.54. The van der Waals surface area contributed by atoms with E-state index in [0.717, 1.165) is 0 Å². The number of hydrogen-bond donors (Lipinski definition) is 1. The maximum Gasteiger partial charge on any atom is 0.354 e. The molecule has 2 amide bonds. The van der Waals surface area contributed by atoms with Crippen LogP contribution in [0.5, 0.6) is 5.19 Å². The van der Waals surface area contributed by atoms with E-state index in [4.69, 9.17) is 44.3 Å². The Balaban J connectivity index is 1.58. The Kier molecular flexibility index (Phi) is 6.84. The topological polar surface area (TPSA) is 111 Å². The van der Waals surface area contributed by atoms with E-state index < -0.39 is 39.6 Å². The molecule has 2 unspecified atom stereocenters. The van der Waals surface area contributed by atoms with Crippen molar-refractivity contribution in [3.05, 3.63) is 16.8 Å². The van der Waals surface area contributed by atoms with Crippen LogP contribution >= 0.6 is 57.9 Å². The number of amides is 2. The minimum Gasteiger partial charge on any atom is -0.459 e. The van der Waals surface area contributed by atoms with E-state index in [2.05, 4.69) is 15.5 Å². The first kappa shape index (κ1) is 22.4. The van der Waals surface area contributed by atoms with Crippen LogP contribution in [0.25, 0.3) is 0 Å². The van der Waals surface area contributed by atoms with Crippen molar-refractivity contribution in [2.75, 3.05) is 13.2 Å². The van der Waals surface area contributed by atoms with Crippen molar-refractivity contribution >= 4 is 75.7 Å². The number of carbonyl (C=O) groups excluding carboxylic acids is 3. The van der Waals surface area contributed by atoms with Crippen molar-refractivity contribution < 1.29 is 23.9 Å². The number of rotatable bonds is 6. The normalized spacial score (nSPS) is 23.6. The highest BCUT2D eigenvalue weighted by Crippen LogP contribution is 2.41. The van der Waals surface area contributed by atoms with E-state index in [-0.39, 0.29) is 22.7 Å². The third-order valence-electron chi connectivity index (χ3n) is 3.78. The molecule has 3 heterocycles. The lowest BCUT2D eigenvalue weighted by atomic mass is 10.0. The number of aryl methyl sites for hydroxylation is 1. The molecule has 0 bridgehead atoms. The van der Waals surface area contributed by atoms with Gasteiger partial charge in [0.05, 0.1) is 0 Å². The number of ether oxygens (including phenoxy) is 2. The molecule has 2 aliphatic heterocycles. The predicted octanol–water partition coefficient (Wildman–Crippen LogP) is 1.81. The molecule has 3 atom stereocenters. The number of hydrogen-bond acceptors (Lipinski definition) is 9. The first-order valence-corrected chi connectivity index (χ1v) is 11.1. The molecular formula is C15H15Cl3N4O5S2. The lowest BCUT2D eigenvalue weighted by molar-refractivity contribution is -0.153. The summed E-state index contributed by atoms with van der Waals surface area (Å²) in [5.74, 6) is -1.70. The maximum absolute atomic E-state index is 12.5. The van der Waals surface area contributed by atoms with Gasteiger partial charge < -0.3 is 14.8 Å². The summed E-state index contributed by atoms with van der Waals surface area (Å²) in [7, 11) is 0.